The molecule has 0 fully saturated rings. The molecule has 0 spiro atoms. The van der Waals surface area contributed by atoms with Crippen molar-refractivity contribution in [3.63, 3.8) is 0 Å². The van der Waals surface area contributed by atoms with Crippen LogP contribution in [-0.2, 0) is 32.2 Å². The lowest BCUT2D eigenvalue weighted by Crippen LogP contribution is -2.29. The summed E-state index contributed by atoms with van der Waals surface area (Å²) in [5.74, 6) is 6.08. The number of unbranched alkanes of at least 4 members (excludes halogenated alkanes) is 2. The highest BCUT2D eigenvalue weighted by molar-refractivity contribution is 5.16. The number of rotatable bonds is 15. The lowest BCUT2D eigenvalue weighted by atomic mass is 10.1. The van der Waals surface area contributed by atoms with Gasteiger partial charge in [0.2, 0.25) is 0 Å². The fourth-order valence-electron chi connectivity index (χ4n) is 3.38. The van der Waals surface area contributed by atoms with Crippen molar-refractivity contribution in [3.8, 4) is 11.8 Å². The molecule has 2 rings (SSSR count). The average Bonchev–Trinajstić information content (AvgIpc) is 2.86. The van der Waals surface area contributed by atoms with Gasteiger partial charge in [0.05, 0.1) is 19.3 Å². The molecule has 0 saturated carbocycles. The zero-order valence-electron chi connectivity index (χ0n) is 20.1. The van der Waals surface area contributed by atoms with Crippen LogP contribution in [0.15, 0.2) is 60.7 Å². The van der Waals surface area contributed by atoms with Gasteiger partial charge in [-0.05, 0) is 17.5 Å². The molecule has 0 aliphatic heterocycles. The van der Waals surface area contributed by atoms with E-state index in [0.717, 1.165) is 36.8 Å². The number of hydrogen-bond donors (Lipinski definition) is 1. The highest BCUT2D eigenvalue weighted by Gasteiger charge is 2.19. The van der Waals surface area contributed by atoms with Crippen LogP contribution in [0.3, 0.4) is 0 Å². The molecule has 2 aromatic rings. The molecule has 0 saturated heterocycles. The van der Waals surface area contributed by atoms with Gasteiger partial charge in [0, 0.05) is 20.6 Å². The molecule has 180 valence electrons. The van der Waals surface area contributed by atoms with Crippen molar-refractivity contribution in [2.45, 2.75) is 76.8 Å². The lowest BCUT2D eigenvalue weighted by Gasteiger charge is -2.21. The Morgan fingerprint density at radius 1 is 0.788 bits per heavy atom. The summed E-state index contributed by atoms with van der Waals surface area (Å²) in [6.45, 7) is 3.02. The summed E-state index contributed by atoms with van der Waals surface area (Å²) >= 11 is 0. The van der Waals surface area contributed by atoms with Gasteiger partial charge >= 0.3 is 0 Å². The minimum atomic E-state index is -0.906. The first kappa shape index (κ1) is 27.0. The Morgan fingerprint density at radius 2 is 1.36 bits per heavy atom. The van der Waals surface area contributed by atoms with E-state index in [9.17, 15) is 5.11 Å². The van der Waals surface area contributed by atoms with E-state index in [0.29, 0.717) is 19.6 Å². The second kappa shape index (κ2) is 16.4. The number of ether oxygens (including phenoxy) is 4. The summed E-state index contributed by atoms with van der Waals surface area (Å²) in [5, 5.41) is 10.9. The highest BCUT2D eigenvalue weighted by Crippen LogP contribution is 2.15. The first-order valence-corrected chi connectivity index (χ1v) is 11.7. The van der Waals surface area contributed by atoms with Crippen molar-refractivity contribution in [3.05, 3.63) is 71.8 Å². The molecular weight excluding hydrogens is 416 g/mol. The Kier molecular flexibility index (Phi) is 13.5. The number of methoxy groups -OCH3 is 2. The fraction of sp³-hybridized carbons (Fsp3) is 0.500. The molecule has 0 heterocycles. The van der Waals surface area contributed by atoms with Gasteiger partial charge in [-0.1, -0.05) is 98.7 Å². The third kappa shape index (κ3) is 11.0. The lowest BCUT2D eigenvalue weighted by molar-refractivity contribution is -0.124. The van der Waals surface area contributed by atoms with Crippen LogP contribution < -0.4 is 0 Å². The number of hydrogen-bond acceptors (Lipinski definition) is 5. The summed E-state index contributed by atoms with van der Waals surface area (Å²) in [7, 11) is 3.18. The van der Waals surface area contributed by atoms with Gasteiger partial charge in [-0.3, -0.25) is 0 Å². The van der Waals surface area contributed by atoms with Gasteiger partial charge in [0.25, 0.3) is 0 Å². The predicted molar refractivity (Wildman–Crippen MR) is 130 cm³/mol. The minimum Gasteiger partial charge on any atom is -0.378 e. The zero-order chi connectivity index (χ0) is 23.7. The quantitative estimate of drug-likeness (QED) is 0.230. The predicted octanol–water partition coefficient (Wildman–Crippen LogP) is 5.11. The Bertz CT molecular complexity index is 795. The van der Waals surface area contributed by atoms with Gasteiger partial charge in [-0.25, -0.2) is 0 Å². The Morgan fingerprint density at radius 3 is 1.91 bits per heavy atom. The molecule has 0 amide bonds. The van der Waals surface area contributed by atoms with Crippen LogP contribution in [0, 0.1) is 11.8 Å². The van der Waals surface area contributed by atoms with Gasteiger partial charge in [-0.2, -0.15) is 0 Å². The Hall–Kier alpha value is -2.20. The molecule has 0 aromatic heterocycles. The van der Waals surface area contributed by atoms with Crippen LogP contribution in [0.25, 0.3) is 0 Å². The largest absolute Gasteiger partial charge is 0.378 e. The van der Waals surface area contributed by atoms with Crippen molar-refractivity contribution < 1.29 is 24.1 Å². The van der Waals surface area contributed by atoms with Crippen molar-refractivity contribution in [1.29, 1.82) is 0 Å². The van der Waals surface area contributed by atoms with E-state index in [1.807, 2.05) is 60.7 Å². The minimum absolute atomic E-state index is 0.361. The van der Waals surface area contributed by atoms with Gasteiger partial charge in [0.15, 0.2) is 6.29 Å². The summed E-state index contributed by atoms with van der Waals surface area (Å²) in [6.07, 6.45) is 2.22. The molecule has 33 heavy (non-hydrogen) atoms. The molecule has 0 radical (unpaired) electrons. The molecule has 5 nitrogen and oxygen atoms in total. The summed E-state index contributed by atoms with van der Waals surface area (Å²) in [6, 6.07) is 19.9. The molecule has 0 bridgehead atoms. The molecule has 5 heteroatoms. The van der Waals surface area contributed by atoms with E-state index in [1.165, 1.54) is 0 Å². The fourth-order valence-corrected chi connectivity index (χ4v) is 3.38. The van der Waals surface area contributed by atoms with Crippen molar-refractivity contribution in [2.75, 3.05) is 14.2 Å². The Balaban J connectivity index is 2.05. The van der Waals surface area contributed by atoms with Crippen molar-refractivity contribution in [2.24, 2.45) is 0 Å². The standard InChI is InChI=1S/C28H38O5/c1-4-5-8-17-27(33-22-24-15-11-7-12-16-24)26(29)19-18-25(20-28(30-2)31-3)32-21-23-13-9-6-10-14-23/h6-7,9-16,25-29H,4-5,8,17,20-22H2,1-3H3/t25-,26+,27-/m0/s1. The van der Waals surface area contributed by atoms with Crippen LogP contribution >= 0.6 is 0 Å². The zero-order valence-corrected chi connectivity index (χ0v) is 20.1. The SMILES string of the molecule is CCCCC[C@H](OCc1ccccc1)[C@H](O)C#C[C@@H](CC(OC)OC)OCc1ccccc1. The maximum Gasteiger partial charge on any atom is 0.160 e. The third-order valence-electron chi connectivity index (χ3n) is 5.37. The smallest absolute Gasteiger partial charge is 0.160 e. The van der Waals surface area contributed by atoms with Gasteiger partial charge in [0.1, 0.15) is 12.2 Å². The summed E-state index contributed by atoms with van der Waals surface area (Å²) in [4.78, 5) is 0. The molecule has 1 N–H and O–H groups in total. The molecule has 0 aliphatic rings. The van der Waals surface area contributed by atoms with Crippen LogP contribution in [0.4, 0.5) is 0 Å². The average molecular weight is 455 g/mol. The first-order valence-electron chi connectivity index (χ1n) is 11.7. The van der Waals surface area contributed by atoms with Crippen LogP contribution in [0.2, 0.25) is 0 Å². The van der Waals surface area contributed by atoms with Crippen LogP contribution in [-0.4, -0.2) is 43.9 Å². The Labute approximate surface area is 199 Å². The monoisotopic (exact) mass is 454 g/mol. The summed E-state index contributed by atoms with van der Waals surface area (Å²) in [5.41, 5.74) is 2.13. The molecule has 2 aromatic carbocycles. The molecule has 3 atom stereocenters. The topological polar surface area (TPSA) is 57.2 Å². The number of aliphatic hydroxyl groups is 1. The molecule has 0 aliphatic carbocycles. The summed E-state index contributed by atoms with van der Waals surface area (Å²) < 4.78 is 22.8. The van der Waals surface area contributed by atoms with Crippen molar-refractivity contribution in [1.82, 2.24) is 0 Å². The van der Waals surface area contributed by atoms with E-state index < -0.39 is 18.5 Å². The first-order chi connectivity index (χ1) is 16.2. The molecular formula is C28H38O5. The highest BCUT2D eigenvalue weighted by atomic mass is 16.7. The molecule has 0 unspecified atom stereocenters. The number of benzene rings is 2. The third-order valence-corrected chi connectivity index (χ3v) is 5.37. The number of aliphatic hydroxyl groups excluding tert-OH is 1. The second-order valence-corrected chi connectivity index (χ2v) is 7.99. The second-order valence-electron chi connectivity index (χ2n) is 7.99. The van der Waals surface area contributed by atoms with Crippen molar-refractivity contribution >= 4 is 0 Å². The maximum atomic E-state index is 10.9. The normalized spacial score (nSPS) is 13.8. The van der Waals surface area contributed by atoms with Gasteiger partial charge in [-0.15, -0.1) is 0 Å². The van der Waals surface area contributed by atoms with E-state index in [1.54, 1.807) is 14.2 Å². The van der Waals surface area contributed by atoms with E-state index >= 15 is 0 Å². The van der Waals surface area contributed by atoms with Crippen LogP contribution in [0.1, 0.15) is 50.2 Å². The van der Waals surface area contributed by atoms with Gasteiger partial charge < -0.3 is 24.1 Å². The van der Waals surface area contributed by atoms with E-state index in [2.05, 4.69) is 18.8 Å². The maximum absolute atomic E-state index is 10.9. The van der Waals surface area contributed by atoms with E-state index in [-0.39, 0.29) is 6.10 Å². The van der Waals surface area contributed by atoms with E-state index in [4.69, 9.17) is 18.9 Å². The van der Waals surface area contributed by atoms with Crippen LogP contribution in [0.5, 0.6) is 0 Å².